The Bertz CT molecular complexity index is 3310. The molecule has 65 heavy (non-hydrogen) atoms. The lowest BCUT2D eigenvalue weighted by Gasteiger charge is -2.34. The predicted octanol–water partition coefficient (Wildman–Crippen LogP) is 16.8. The molecule has 0 heterocycles. The van der Waals surface area contributed by atoms with Crippen LogP contribution < -0.4 is 4.90 Å². The van der Waals surface area contributed by atoms with Crippen LogP contribution in [0.2, 0.25) is 0 Å². The molecule has 2 aliphatic rings. The van der Waals surface area contributed by atoms with E-state index in [2.05, 4.69) is 267 Å². The Morgan fingerprint density at radius 1 is 0.277 bits per heavy atom. The van der Waals surface area contributed by atoms with Crippen molar-refractivity contribution in [3.63, 3.8) is 0 Å². The van der Waals surface area contributed by atoms with E-state index in [9.17, 15) is 0 Å². The molecule has 0 radical (unpaired) electrons. The number of nitrogens with zero attached hydrogens (tertiary/aromatic N) is 1. The first kappa shape index (κ1) is 38.7. The molecule has 0 aromatic heterocycles. The minimum Gasteiger partial charge on any atom is -0.310 e. The highest BCUT2D eigenvalue weighted by molar-refractivity contribution is 5.97. The summed E-state index contributed by atoms with van der Waals surface area (Å²) in [6.07, 6.45) is 0. The average molecular weight is 830 g/mol. The monoisotopic (exact) mass is 829 g/mol. The van der Waals surface area contributed by atoms with Crippen molar-refractivity contribution in [2.75, 3.05) is 4.90 Å². The minimum absolute atomic E-state index is 0.113. The van der Waals surface area contributed by atoms with Crippen LogP contribution in [-0.2, 0) is 10.8 Å². The van der Waals surface area contributed by atoms with Crippen molar-refractivity contribution in [2.45, 2.75) is 24.7 Å². The molecule has 0 saturated heterocycles. The number of rotatable bonds is 8. The third-order valence-electron chi connectivity index (χ3n) is 14.2. The molecule has 0 bridgehead atoms. The smallest absolute Gasteiger partial charge is 0.0714 e. The maximum absolute atomic E-state index is 2.47. The lowest BCUT2D eigenvalue weighted by Crippen LogP contribution is -2.28. The lowest BCUT2D eigenvalue weighted by molar-refractivity contribution is 0.660. The summed E-state index contributed by atoms with van der Waals surface area (Å²) in [7, 11) is 0. The first-order chi connectivity index (χ1) is 32.0. The molecule has 308 valence electrons. The quantitative estimate of drug-likeness (QED) is 0.147. The summed E-state index contributed by atoms with van der Waals surface area (Å²) in [5.74, 6) is 0. The van der Waals surface area contributed by atoms with Gasteiger partial charge in [-0.15, -0.1) is 0 Å². The van der Waals surface area contributed by atoms with E-state index in [1.165, 1.54) is 89.0 Å². The maximum Gasteiger partial charge on any atom is 0.0714 e. The van der Waals surface area contributed by atoms with E-state index < -0.39 is 5.41 Å². The molecule has 0 unspecified atom stereocenters. The Labute approximate surface area is 382 Å². The zero-order chi connectivity index (χ0) is 43.5. The van der Waals surface area contributed by atoms with Gasteiger partial charge in [-0.05, 0) is 131 Å². The second-order valence-electron chi connectivity index (χ2n) is 18.0. The highest BCUT2D eigenvalue weighted by atomic mass is 15.1. The predicted molar refractivity (Wildman–Crippen MR) is 272 cm³/mol. The van der Waals surface area contributed by atoms with Crippen LogP contribution in [0.5, 0.6) is 0 Å². The first-order valence-electron chi connectivity index (χ1n) is 22.8. The van der Waals surface area contributed by atoms with Crippen LogP contribution in [-0.4, -0.2) is 0 Å². The molecule has 1 heteroatoms. The summed E-state index contributed by atoms with van der Waals surface area (Å²) < 4.78 is 0. The average Bonchev–Trinajstić information content (AvgIpc) is 3.80. The van der Waals surface area contributed by atoms with Gasteiger partial charge in [-0.3, -0.25) is 0 Å². The summed E-state index contributed by atoms with van der Waals surface area (Å²) in [5, 5.41) is 0. The highest BCUT2D eigenvalue weighted by Gasteiger charge is 2.47. The van der Waals surface area contributed by atoms with Crippen molar-refractivity contribution in [1.29, 1.82) is 0 Å². The van der Waals surface area contributed by atoms with Crippen molar-refractivity contribution < 1.29 is 0 Å². The van der Waals surface area contributed by atoms with Gasteiger partial charge >= 0.3 is 0 Å². The Morgan fingerprint density at radius 2 is 0.723 bits per heavy atom. The Morgan fingerprint density at radius 3 is 1.35 bits per heavy atom. The molecule has 0 saturated carbocycles. The summed E-state index contributed by atoms with van der Waals surface area (Å²) in [5.41, 5.74) is 23.1. The molecular weight excluding hydrogens is 783 g/mol. The van der Waals surface area contributed by atoms with Crippen molar-refractivity contribution in [3.8, 4) is 55.6 Å². The Balaban J connectivity index is 1.00. The summed E-state index contributed by atoms with van der Waals surface area (Å²) in [6, 6.07) is 91.9. The molecule has 12 rings (SSSR count). The molecule has 0 amide bonds. The zero-order valence-corrected chi connectivity index (χ0v) is 36.6. The number of benzene rings is 10. The maximum atomic E-state index is 2.47. The van der Waals surface area contributed by atoms with Gasteiger partial charge in [0.2, 0.25) is 0 Å². The molecular formula is C64H47N. The van der Waals surface area contributed by atoms with E-state index in [0.717, 1.165) is 17.1 Å². The summed E-state index contributed by atoms with van der Waals surface area (Å²) in [6.45, 7) is 4.72. The number of anilines is 3. The van der Waals surface area contributed by atoms with Gasteiger partial charge in [-0.2, -0.15) is 0 Å². The van der Waals surface area contributed by atoms with E-state index in [1.54, 1.807) is 0 Å². The standard InChI is InChI=1S/C64H47N/c1-63(2)58-28-16-15-26-55(58)56-41-39-53(43-60(56)63)65(51-35-30-45(31-36-51)44-18-7-3-8-19-44)52-37-32-46(33-38-52)48-34-40-57-61(42-48)64(49-22-11-5-12-23-49,50-24-13-6-14-25-50)59-29-17-27-54(62(57)59)47-20-9-4-10-21-47/h3-43H,1-2H3. The lowest BCUT2D eigenvalue weighted by atomic mass is 9.67. The molecule has 10 aromatic carbocycles. The largest absolute Gasteiger partial charge is 0.310 e. The third kappa shape index (κ3) is 6.15. The molecule has 10 aromatic rings. The van der Waals surface area contributed by atoms with Crippen LogP contribution in [0.4, 0.5) is 17.1 Å². The fraction of sp³-hybridized carbons (Fsp3) is 0.0625. The van der Waals surface area contributed by atoms with Gasteiger partial charge in [0, 0.05) is 22.5 Å². The molecule has 0 spiro atoms. The van der Waals surface area contributed by atoms with Gasteiger partial charge in [-0.1, -0.05) is 220 Å². The van der Waals surface area contributed by atoms with Gasteiger partial charge in [0.15, 0.2) is 0 Å². The van der Waals surface area contributed by atoms with E-state index in [1.807, 2.05) is 0 Å². The number of hydrogen-bond acceptors (Lipinski definition) is 1. The second kappa shape index (κ2) is 15.4. The van der Waals surface area contributed by atoms with Gasteiger partial charge in [0.05, 0.1) is 5.41 Å². The van der Waals surface area contributed by atoms with Crippen molar-refractivity contribution in [1.82, 2.24) is 0 Å². The van der Waals surface area contributed by atoms with E-state index in [-0.39, 0.29) is 5.41 Å². The van der Waals surface area contributed by atoms with Gasteiger partial charge in [0.25, 0.3) is 0 Å². The Hall–Kier alpha value is -8.00. The van der Waals surface area contributed by atoms with Crippen molar-refractivity contribution >= 4 is 17.1 Å². The molecule has 0 N–H and O–H groups in total. The third-order valence-corrected chi connectivity index (χ3v) is 14.2. The van der Waals surface area contributed by atoms with Crippen molar-refractivity contribution in [3.05, 3.63) is 282 Å². The van der Waals surface area contributed by atoms with Crippen LogP contribution in [0, 0.1) is 0 Å². The van der Waals surface area contributed by atoms with Gasteiger partial charge in [-0.25, -0.2) is 0 Å². The molecule has 1 nitrogen and oxygen atoms in total. The van der Waals surface area contributed by atoms with E-state index in [4.69, 9.17) is 0 Å². The number of fused-ring (bicyclic) bond motifs is 6. The van der Waals surface area contributed by atoms with Crippen LogP contribution in [0.15, 0.2) is 249 Å². The van der Waals surface area contributed by atoms with Gasteiger partial charge in [0.1, 0.15) is 0 Å². The molecule has 0 fully saturated rings. The van der Waals surface area contributed by atoms with Gasteiger partial charge < -0.3 is 4.90 Å². The van der Waals surface area contributed by atoms with Crippen molar-refractivity contribution in [2.24, 2.45) is 0 Å². The first-order valence-corrected chi connectivity index (χ1v) is 22.8. The normalized spacial score (nSPS) is 13.6. The minimum atomic E-state index is -0.516. The van der Waals surface area contributed by atoms with E-state index in [0.29, 0.717) is 0 Å². The summed E-state index contributed by atoms with van der Waals surface area (Å²) in [4.78, 5) is 2.41. The molecule has 0 atom stereocenters. The van der Waals surface area contributed by atoms with Crippen LogP contribution in [0.25, 0.3) is 55.6 Å². The summed E-state index contributed by atoms with van der Waals surface area (Å²) >= 11 is 0. The highest BCUT2D eigenvalue weighted by Crippen LogP contribution is 2.59. The Kier molecular flexibility index (Phi) is 9.14. The fourth-order valence-electron chi connectivity index (χ4n) is 11.1. The topological polar surface area (TPSA) is 3.24 Å². The fourth-order valence-corrected chi connectivity index (χ4v) is 11.1. The molecule has 2 aliphatic carbocycles. The van der Waals surface area contributed by atoms with E-state index >= 15 is 0 Å². The van der Waals surface area contributed by atoms with Crippen LogP contribution >= 0.6 is 0 Å². The van der Waals surface area contributed by atoms with Crippen LogP contribution in [0.3, 0.4) is 0 Å². The molecule has 0 aliphatic heterocycles. The zero-order valence-electron chi connectivity index (χ0n) is 36.6. The number of hydrogen-bond donors (Lipinski definition) is 0. The SMILES string of the molecule is CC1(C)c2ccccc2-c2ccc(N(c3ccc(-c4ccccc4)cc3)c3ccc(-c4ccc5c(c4)C(c4ccccc4)(c4ccccc4)c4cccc(-c6ccccc6)c4-5)cc3)cc21. The second-order valence-corrected chi connectivity index (χ2v) is 18.0. The van der Waals surface area contributed by atoms with Crippen LogP contribution in [0.1, 0.15) is 47.2 Å².